The van der Waals surface area contributed by atoms with Crippen molar-refractivity contribution in [2.24, 2.45) is 5.92 Å². The molecule has 1 aromatic rings. The van der Waals surface area contributed by atoms with Crippen molar-refractivity contribution in [3.05, 3.63) is 24.3 Å². The summed E-state index contributed by atoms with van der Waals surface area (Å²) in [5, 5.41) is 2.92. The first-order valence-electron chi connectivity index (χ1n) is 8.38. The Hall–Kier alpha value is -1.60. The molecular formula is C17H26N2O4S. The van der Waals surface area contributed by atoms with Gasteiger partial charge in [0, 0.05) is 19.0 Å². The summed E-state index contributed by atoms with van der Waals surface area (Å²) in [5.74, 6) is 0.486. The van der Waals surface area contributed by atoms with Crippen LogP contribution in [0.3, 0.4) is 0 Å². The quantitative estimate of drug-likeness (QED) is 0.851. The zero-order chi connectivity index (χ0) is 17.7. The normalized spacial score (nSPS) is 17.0. The summed E-state index contributed by atoms with van der Waals surface area (Å²) in [6, 6.07) is 7.35. The number of hydrogen-bond donors (Lipinski definition) is 1. The van der Waals surface area contributed by atoms with Gasteiger partial charge in [0.15, 0.2) is 0 Å². The Kier molecular flexibility index (Phi) is 6.23. The Bertz CT molecular complexity index is 665. The van der Waals surface area contributed by atoms with Crippen molar-refractivity contribution in [3.63, 3.8) is 0 Å². The first kappa shape index (κ1) is 18.7. The van der Waals surface area contributed by atoms with Crippen LogP contribution in [0.1, 0.15) is 33.6 Å². The predicted octanol–water partition coefficient (Wildman–Crippen LogP) is 2.47. The number of hydrogen-bond acceptors (Lipinski definition) is 4. The van der Waals surface area contributed by atoms with Gasteiger partial charge in [-0.3, -0.25) is 4.79 Å². The van der Waals surface area contributed by atoms with Crippen molar-refractivity contribution in [2.45, 2.75) is 39.7 Å². The Morgan fingerprint density at radius 3 is 2.50 bits per heavy atom. The van der Waals surface area contributed by atoms with Crippen LogP contribution in [0.4, 0.5) is 5.69 Å². The maximum absolute atomic E-state index is 12.5. The smallest absolute Gasteiger partial charge is 0.227 e. The van der Waals surface area contributed by atoms with Gasteiger partial charge in [-0.05, 0) is 45.7 Å². The van der Waals surface area contributed by atoms with Gasteiger partial charge in [-0.2, -0.15) is 0 Å². The van der Waals surface area contributed by atoms with Gasteiger partial charge in [-0.25, -0.2) is 12.7 Å². The van der Waals surface area contributed by atoms with Crippen molar-refractivity contribution in [3.8, 4) is 5.75 Å². The number of rotatable bonds is 6. The summed E-state index contributed by atoms with van der Waals surface area (Å²) < 4.78 is 30.9. The van der Waals surface area contributed by atoms with Crippen LogP contribution in [0, 0.1) is 5.92 Å². The lowest BCUT2D eigenvalue weighted by Crippen LogP contribution is -2.42. The van der Waals surface area contributed by atoms with Crippen molar-refractivity contribution in [2.75, 3.05) is 24.2 Å². The maximum atomic E-state index is 12.5. The number of para-hydroxylation sites is 2. The molecule has 0 atom stereocenters. The molecule has 1 N–H and O–H groups in total. The summed E-state index contributed by atoms with van der Waals surface area (Å²) in [6.45, 7) is 6.31. The van der Waals surface area contributed by atoms with E-state index < -0.39 is 10.0 Å². The lowest BCUT2D eigenvalue weighted by atomic mass is 9.97. The molecule has 1 heterocycles. The van der Waals surface area contributed by atoms with E-state index in [1.54, 1.807) is 6.92 Å². The highest BCUT2D eigenvalue weighted by atomic mass is 32.2. The van der Waals surface area contributed by atoms with E-state index in [0.29, 0.717) is 37.4 Å². The SMILES string of the molecule is CCS(=O)(=O)N1CCC(C(=O)Nc2ccccc2OC(C)C)CC1. The Labute approximate surface area is 144 Å². The highest BCUT2D eigenvalue weighted by Gasteiger charge is 2.30. The molecule has 1 fully saturated rings. The second kappa shape index (κ2) is 7.98. The standard InChI is InChI=1S/C17H26N2O4S/c1-4-24(21,22)19-11-9-14(10-12-19)17(20)18-15-7-5-6-8-16(15)23-13(2)3/h5-8,13-14H,4,9-12H2,1-3H3,(H,18,20). The zero-order valence-corrected chi connectivity index (χ0v) is 15.3. The summed E-state index contributed by atoms with van der Waals surface area (Å²) >= 11 is 0. The number of amides is 1. The highest BCUT2D eigenvalue weighted by Crippen LogP contribution is 2.27. The molecular weight excluding hydrogens is 328 g/mol. The lowest BCUT2D eigenvalue weighted by molar-refractivity contribution is -0.120. The van der Waals surface area contributed by atoms with Gasteiger partial charge in [0.05, 0.1) is 17.5 Å². The van der Waals surface area contributed by atoms with Crippen LogP contribution in [0.25, 0.3) is 0 Å². The molecule has 0 radical (unpaired) electrons. The third-order valence-electron chi connectivity index (χ3n) is 4.09. The second-order valence-corrected chi connectivity index (χ2v) is 8.48. The molecule has 24 heavy (non-hydrogen) atoms. The number of nitrogens with one attached hydrogen (secondary N) is 1. The summed E-state index contributed by atoms with van der Waals surface area (Å²) in [4.78, 5) is 12.5. The van der Waals surface area contributed by atoms with Crippen molar-refractivity contribution < 1.29 is 17.9 Å². The fourth-order valence-electron chi connectivity index (χ4n) is 2.74. The third kappa shape index (κ3) is 4.70. The summed E-state index contributed by atoms with van der Waals surface area (Å²) in [5.41, 5.74) is 0.653. The average Bonchev–Trinajstić information content (AvgIpc) is 2.56. The number of nitrogens with zero attached hydrogens (tertiary/aromatic N) is 1. The van der Waals surface area contributed by atoms with E-state index in [0.717, 1.165) is 0 Å². The van der Waals surface area contributed by atoms with E-state index in [9.17, 15) is 13.2 Å². The third-order valence-corrected chi connectivity index (χ3v) is 5.97. The minimum Gasteiger partial charge on any atom is -0.489 e. The minimum absolute atomic E-state index is 0.0190. The fraction of sp³-hybridized carbons (Fsp3) is 0.588. The maximum Gasteiger partial charge on any atom is 0.227 e. The van der Waals surface area contributed by atoms with Crippen LogP contribution >= 0.6 is 0 Å². The number of carbonyl (C=O) groups is 1. The molecule has 7 heteroatoms. The number of benzene rings is 1. The van der Waals surface area contributed by atoms with Crippen LogP contribution < -0.4 is 10.1 Å². The van der Waals surface area contributed by atoms with Gasteiger partial charge in [0.2, 0.25) is 15.9 Å². The van der Waals surface area contributed by atoms with Crippen molar-refractivity contribution >= 4 is 21.6 Å². The average molecular weight is 354 g/mol. The molecule has 0 unspecified atom stereocenters. The van der Waals surface area contributed by atoms with Crippen molar-refractivity contribution in [1.29, 1.82) is 0 Å². The lowest BCUT2D eigenvalue weighted by Gasteiger charge is -2.30. The highest BCUT2D eigenvalue weighted by molar-refractivity contribution is 7.89. The number of ether oxygens (including phenoxy) is 1. The van der Waals surface area contributed by atoms with Crippen LogP contribution in [0.15, 0.2) is 24.3 Å². The van der Waals surface area contributed by atoms with E-state index in [-0.39, 0.29) is 23.7 Å². The second-order valence-electron chi connectivity index (χ2n) is 6.23. The van der Waals surface area contributed by atoms with E-state index in [2.05, 4.69) is 5.32 Å². The first-order chi connectivity index (χ1) is 11.3. The van der Waals surface area contributed by atoms with E-state index in [1.807, 2.05) is 38.1 Å². The monoisotopic (exact) mass is 354 g/mol. The first-order valence-corrected chi connectivity index (χ1v) is 9.98. The number of anilines is 1. The van der Waals surface area contributed by atoms with Gasteiger partial charge in [0.25, 0.3) is 0 Å². The largest absolute Gasteiger partial charge is 0.489 e. The molecule has 1 aliphatic heterocycles. The molecule has 0 bridgehead atoms. The van der Waals surface area contributed by atoms with Crippen LogP contribution in [0.2, 0.25) is 0 Å². The van der Waals surface area contributed by atoms with Crippen LogP contribution in [-0.4, -0.2) is 43.6 Å². The van der Waals surface area contributed by atoms with E-state index in [1.165, 1.54) is 4.31 Å². The molecule has 6 nitrogen and oxygen atoms in total. The number of sulfonamides is 1. The molecule has 0 spiro atoms. The molecule has 1 aliphatic rings. The van der Waals surface area contributed by atoms with Gasteiger partial charge in [0.1, 0.15) is 5.75 Å². The molecule has 1 saturated heterocycles. The van der Waals surface area contributed by atoms with Gasteiger partial charge < -0.3 is 10.1 Å². The summed E-state index contributed by atoms with van der Waals surface area (Å²) in [6.07, 6.45) is 1.10. The summed E-state index contributed by atoms with van der Waals surface area (Å²) in [7, 11) is -3.17. The molecule has 1 aromatic carbocycles. The Morgan fingerprint density at radius 1 is 1.29 bits per heavy atom. The molecule has 0 aromatic heterocycles. The number of carbonyl (C=O) groups excluding carboxylic acids is 1. The topological polar surface area (TPSA) is 75.7 Å². The molecule has 0 aliphatic carbocycles. The number of piperidine rings is 1. The molecule has 0 saturated carbocycles. The zero-order valence-electron chi connectivity index (χ0n) is 14.5. The Balaban J connectivity index is 1.97. The minimum atomic E-state index is -3.17. The predicted molar refractivity (Wildman–Crippen MR) is 94.6 cm³/mol. The Morgan fingerprint density at radius 2 is 1.92 bits per heavy atom. The van der Waals surface area contributed by atoms with Crippen molar-refractivity contribution in [1.82, 2.24) is 4.31 Å². The van der Waals surface area contributed by atoms with E-state index >= 15 is 0 Å². The molecule has 1 amide bonds. The van der Waals surface area contributed by atoms with Gasteiger partial charge in [-0.15, -0.1) is 0 Å². The van der Waals surface area contributed by atoms with Crippen LogP contribution in [-0.2, 0) is 14.8 Å². The van der Waals surface area contributed by atoms with Gasteiger partial charge >= 0.3 is 0 Å². The van der Waals surface area contributed by atoms with Crippen LogP contribution in [0.5, 0.6) is 5.75 Å². The fourth-order valence-corrected chi connectivity index (χ4v) is 3.87. The molecule has 134 valence electrons. The molecule has 2 rings (SSSR count). The van der Waals surface area contributed by atoms with Gasteiger partial charge in [-0.1, -0.05) is 12.1 Å². The van der Waals surface area contributed by atoms with E-state index in [4.69, 9.17) is 4.74 Å².